The summed E-state index contributed by atoms with van der Waals surface area (Å²) in [5.74, 6) is 3.41. The maximum atomic E-state index is 14.8. The second kappa shape index (κ2) is 21.6. The first kappa shape index (κ1) is 52.2. The molecule has 4 amide bonds. The molecule has 2 N–H and O–H groups in total. The van der Waals surface area contributed by atoms with Gasteiger partial charge in [0.1, 0.15) is 18.1 Å². The Morgan fingerprint density at radius 2 is 1.75 bits per heavy atom. The number of ether oxygens (including phenoxy) is 2. The van der Waals surface area contributed by atoms with Gasteiger partial charge in [-0.05, 0) is 131 Å². The molecular formula is C57H74N8O7. The number of cyclic esters (lactones) is 1. The predicted octanol–water partition coefficient (Wildman–Crippen LogP) is 6.57. The van der Waals surface area contributed by atoms with Crippen LogP contribution < -0.4 is 10.7 Å². The minimum Gasteiger partial charge on any atom is -0.464 e. The quantitative estimate of drug-likeness (QED) is 0.132. The molecule has 1 saturated carbocycles. The van der Waals surface area contributed by atoms with Crippen molar-refractivity contribution in [1.82, 2.24) is 40.0 Å². The minimum absolute atomic E-state index is 0.133. The van der Waals surface area contributed by atoms with E-state index < -0.39 is 47.2 Å². The van der Waals surface area contributed by atoms with E-state index >= 15 is 0 Å². The van der Waals surface area contributed by atoms with Gasteiger partial charge in [0.2, 0.25) is 11.8 Å². The van der Waals surface area contributed by atoms with E-state index in [4.69, 9.17) is 14.5 Å². The van der Waals surface area contributed by atoms with Crippen LogP contribution in [0.4, 0.5) is 0 Å². The molecule has 8 rings (SSSR count). The Labute approximate surface area is 425 Å². The average molecular weight is 983 g/mol. The summed E-state index contributed by atoms with van der Waals surface area (Å²) < 4.78 is 14.3. The Balaban J connectivity index is 1.11. The molecule has 15 nitrogen and oxygen atoms in total. The van der Waals surface area contributed by atoms with E-state index in [0.717, 1.165) is 69.4 Å². The van der Waals surface area contributed by atoms with Gasteiger partial charge < -0.3 is 29.2 Å². The Morgan fingerprint density at radius 1 is 0.986 bits per heavy atom. The number of amides is 4. The van der Waals surface area contributed by atoms with Gasteiger partial charge in [0.15, 0.2) is 0 Å². The highest BCUT2D eigenvalue weighted by atomic mass is 16.5. The van der Waals surface area contributed by atoms with Gasteiger partial charge in [-0.15, -0.1) is 0 Å². The molecule has 1 aliphatic carbocycles. The van der Waals surface area contributed by atoms with Crippen LogP contribution in [0.5, 0.6) is 0 Å². The molecule has 2 aromatic carbocycles. The lowest BCUT2D eigenvalue weighted by Gasteiger charge is -2.42. The fourth-order valence-corrected chi connectivity index (χ4v) is 11.2. The second-order valence-electron chi connectivity index (χ2n) is 21.7. The Hall–Kier alpha value is -6.08. The molecule has 1 unspecified atom stereocenters. The number of nitrogens with one attached hydrogen (secondary N) is 2. The summed E-state index contributed by atoms with van der Waals surface area (Å²) in [5.41, 5.74) is 10.2. The maximum absolute atomic E-state index is 14.8. The predicted molar refractivity (Wildman–Crippen MR) is 278 cm³/mol. The normalized spacial score (nSPS) is 21.8. The number of esters is 1. The van der Waals surface area contributed by atoms with Crippen molar-refractivity contribution in [2.24, 2.45) is 17.3 Å². The number of aryl methyl sites for hydroxylation is 1. The van der Waals surface area contributed by atoms with Crippen molar-refractivity contribution in [1.29, 1.82) is 0 Å². The number of aromatic nitrogens is 2. The van der Waals surface area contributed by atoms with Gasteiger partial charge in [0, 0.05) is 74.8 Å². The molecule has 15 heteroatoms. The van der Waals surface area contributed by atoms with Gasteiger partial charge in [0.05, 0.1) is 35.6 Å². The van der Waals surface area contributed by atoms with E-state index in [1.165, 1.54) is 9.91 Å². The van der Waals surface area contributed by atoms with Crippen LogP contribution in [-0.4, -0.2) is 137 Å². The van der Waals surface area contributed by atoms with Gasteiger partial charge in [-0.2, -0.15) is 0 Å². The van der Waals surface area contributed by atoms with E-state index in [0.29, 0.717) is 45.3 Å². The lowest BCUT2D eigenvalue weighted by atomic mass is 9.76. The van der Waals surface area contributed by atoms with Crippen LogP contribution in [0.15, 0.2) is 60.8 Å². The number of methoxy groups -OCH3 is 1. The number of benzene rings is 2. The summed E-state index contributed by atoms with van der Waals surface area (Å²) in [6.45, 7) is 13.9. The Morgan fingerprint density at radius 3 is 2.44 bits per heavy atom. The highest BCUT2D eigenvalue weighted by Crippen LogP contribution is 2.42. The molecule has 3 fully saturated rings. The zero-order valence-electron chi connectivity index (χ0n) is 44.0. The van der Waals surface area contributed by atoms with Crippen LogP contribution in [-0.2, 0) is 52.8 Å². The summed E-state index contributed by atoms with van der Waals surface area (Å²) in [6.07, 6.45) is 6.66. The summed E-state index contributed by atoms with van der Waals surface area (Å²) in [6, 6.07) is 15.9. The van der Waals surface area contributed by atoms with E-state index in [-0.39, 0.29) is 48.9 Å². The SMILES string of the molecule is CCn1c(-c2cccnc2[C@H](C)OC)c2c3cc(ccc31)-c1cccc(c1)C[C@H](NC(=O)C(C(C)C)N(C)C(=O)[C@H]1CCN(C(=O)C#CC3(N(C)C)CCC3)C1)C(=O)N1CCC[C@H](N1)C(=O)OCC(C)(C)C2. The molecule has 5 heterocycles. The largest absolute Gasteiger partial charge is 0.464 e. The van der Waals surface area contributed by atoms with Gasteiger partial charge in [0.25, 0.3) is 11.8 Å². The third-order valence-corrected chi connectivity index (χ3v) is 15.6. The third-order valence-electron chi connectivity index (χ3n) is 15.6. The van der Waals surface area contributed by atoms with Gasteiger partial charge >= 0.3 is 5.97 Å². The van der Waals surface area contributed by atoms with Crippen LogP contribution in [0.1, 0.15) is 103 Å². The molecule has 0 spiro atoms. The molecule has 3 aliphatic heterocycles. The zero-order chi connectivity index (χ0) is 51.6. The molecule has 6 bridgehead atoms. The number of carbonyl (C=O) groups excluding carboxylic acids is 5. The summed E-state index contributed by atoms with van der Waals surface area (Å²) in [4.78, 5) is 81.1. The molecule has 2 saturated heterocycles. The summed E-state index contributed by atoms with van der Waals surface area (Å²) in [7, 11) is 7.29. The number of rotatable bonds is 10. The molecular weight excluding hydrogens is 909 g/mol. The van der Waals surface area contributed by atoms with Gasteiger partial charge in [-0.3, -0.25) is 38.9 Å². The molecule has 384 valence electrons. The zero-order valence-corrected chi connectivity index (χ0v) is 44.0. The lowest BCUT2D eigenvalue weighted by Crippen LogP contribution is -2.62. The van der Waals surface area contributed by atoms with Crippen molar-refractivity contribution in [3.63, 3.8) is 0 Å². The van der Waals surface area contributed by atoms with E-state index in [1.807, 2.05) is 53.1 Å². The van der Waals surface area contributed by atoms with Crippen LogP contribution in [0.2, 0.25) is 0 Å². The van der Waals surface area contributed by atoms with Crippen LogP contribution in [0.25, 0.3) is 33.3 Å². The monoisotopic (exact) mass is 983 g/mol. The lowest BCUT2D eigenvalue weighted by molar-refractivity contribution is -0.155. The highest BCUT2D eigenvalue weighted by Gasteiger charge is 2.41. The van der Waals surface area contributed by atoms with Crippen molar-refractivity contribution in [2.45, 2.75) is 129 Å². The average Bonchev–Trinajstić information content (AvgIpc) is 3.97. The number of hydrogen-bond donors (Lipinski definition) is 2. The van der Waals surface area contributed by atoms with Crippen LogP contribution in [0.3, 0.4) is 0 Å². The van der Waals surface area contributed by atoms with Crippen LogP contribution in [0, 0.1) is 29.1 Å². The molecule has 2 aromatic heterocycles. The number of nitrogens with zero attached hydrogens (tertiary/aromatic N) is 6. The number of hydrogen-bond acceptors (Lipinski definition) is 10. The van der Waals surface area contributed by atoms with Crippen molar-refractivity contribution in [3.8, 4) is 34.2 Å². The van der Waals surface area contributed by atoms with E-state index in [9.17, 15) is 24.0 Å². The smallest absolute Gasteiger partial charge is 0.324 e. The number of hydrazine groups is 1. The van der Waals surface area contributed by atoms with Crippen molar-refractivity contribution in [3.05, 3.63) is 77.6 Å². The number of fused-ring (bicyclic) bond motifs is 6. The first-order chi connectivity index (χ1) is 34.3. The number of likely N-dealkylation sites (tertiary alicyclic amines) is 1. The van der Waals surface area contributed by atoms with E-state index in [1.54, 1.807) is 25.3 Å². The first-order valence-corrected chi connectivity index (χ1v) is 25.9. The fourth-order valence-electron chi connectivity index (χ4n) is 11.2. The molecule has 0 radical (unpaired) electrons. The number of likely N-dealkylation sites (N-methyl/N-ethyl adjacent to an activating group) is 1. The second-order valence-corrected chi connectivity index (χ2v) is 21.7. The summed E-state index contributed by atoms with van der Waals surface area (Å²) in [5, 5.41) is 5.61. The van der Waals surface area contributed by atoms with Gasteiger partial charge in [-0.1, -0.05) is 63.9 Å². The molecule has 4 aliphatic rings. The standard InChI is InChI=1S/C57H74N8O7/c1-11-64-47-21-20-40-32-43(47)44(51(64)42-18-13-27-58-49(42)37(4)71-10)33-56(5,6)35-72-55(70)45-19-14-28-65(60-45)54(69)46(31-38-16-12-17-39(40)30-38)59-52(67)50(36(2)3)62(9)53(68)41-23-29-63(34-41)48(66)22-26-57(61(7)8)24-15-25-57/h12-13,16-18,20-21,27,30,32,36-37,41,45-46,50,60H,11,14-15,19,23-25,28-29,31,33-35H2,1-10H3,(H,59,67)/t37-,41-,45-,46-,50?/m0/s1. The van der Waals surface area contributed by atoms with E-state index in [2.05, 4.69) is 89.2 Å². The van der Waals surface area contributed by atoms with Gasteiger partial charge in [-0.25, -0.2) is 5.43 Å². The van der Waals surface area contributed by atoms with Crippen molar-refractivity contribution >= 4 is 40.5 Å². The first-order valence-electron chi connectivity index (χ1n) is 25.9. The maximum Gasteiger partial charge on any atom is 0.324 e. The Kier molecular flexibility index (Phi) is 15.6. The third kappa shape index (κ3) is 10.7. The highest BCUT2D eigenvalue weighted by molar-refractivity contribution is 5.97. The number of carbonyl (C=O) groups is 5. The van der Waals surface area contributed by atoms with Crippen LogP contribution >= 0.6 is 0 Å². The topological polar surface area (TPSA) is 159 Å². The van der Waals surface area contributed by atoms with Crippen molar-refractivity contribution in [2.75, 3.05) is 54.5 Å². The number of pyridine rings is 1. The van der Waals surface area contributed by atoms with Crippen molar-refractivity contribution < 1.29 is 33.4 Å². The fraction of sp³-hybridized carbons (Fsp3) is 0.544. The summed E-state index contributed by atoms with van der Waals surface area (Å²) >= 11 is 0. The molecule has 72 heavy (non-hydrogen) atoms. The molecule has 5 atom stereocenters. The molecule has 4 aromatic rings. The Bertz CT molecular complexity index is 2770. The minimum atomic E-state index is -1.06.